The van der Waals surface area contributed by atoms with E-state index in [4.69, 9.17) is 4.74 Å². The highest BCUT2D eigenvalue weighted by Gasteiger charge is 2.30. The lowest BCUT2D eigenvalue weighted by atomic mass is 10.0. The number of amides is 2. The van der Waals surface area contributed by atoms with Crippen molar-refractivity contribution in [2.45, 2.75) is 37.8 Å². The maximum absolute atomic E-state index is 13.6. The van der Waals surface area contributed by atoms with Gasteiger partial charge in [0.05, 0.1) is 12.9 Å². The first kappa shape index (κ1) is 26.4. The van der Waals surface area contributed by atoms with Crippen LogP contribution in [0.1, 0.15) is 25.0 Å². The molecule has 0 fully saturated rings. The van der Waals surface area contributed by atoms with Crippen LogP contribution < -0.4 is 10.1 Å². The number of carbonyl (C=O) groups excluding carboxylic acids is 2. The first-order valence-electron chi connectivity index (χ1n) is 11.9. The highest BCUT2D eigenvalue weighted by Crippen LogP contribution is 2.22. The van der Waals surface area contributed by atoms with Crippen LogP contribution in [-0.4, -0.2) is 42.2 Å². The maximum Gasteiger partial charge on any atom is 0.243 e. The third-order valence-corrected chi connectivity index (χ3v) is 6.55. The number of ether oxygens (including phenoxy) is 1. The summed E-state index contributed by atoms with van der Waals surface area (Å²) in [6, 6.07) is 26.7. The van der Waals surface area contributed by atoms with Crippen LogP contribution in [0.4, 0.5) is 0 Å². The minimum absolute atomic E-state index is 0.0812. The van der Waals surface area contributed by atoms with Crippen molar-refractivity contribution in [3.63, 3.8) is 0 Å². The SMILES string of the molecule is COc1cccc(CN(C(=O)CSc2ccccc2)[C@H](Cc2ccccc2)C(=O)NCC(C)C)c1. The first-order valence-corrected chi connectivity index (χ1v) is 12.9. The summed E-state index contributed by atoms with van der Waals surface area (Å²) in [6.45, 7) is 4.99. The summed E-state index contributed by atoms with van der Waals surface area (Å²) in [6.07, 6.45) is 0.441. The fraction of sp³-hybridized carbons (Fsp3) is 0.310. The Labute approximate surface area is 212 Å². The molecule has 0 aliphatic carbocycles. The zero-order valence-corrected chi connectivity index (χ0v) is 21.5. The fourth-order valence-electron chi connectivity index (χ4n) is 3.69. The van der Waals surface area contributed by atoms with Gasteiger partial charge in [0.25, 0.3) is 0 Å². The molecule has 1 atom stereocenters. The van der Waals surface area contributed by atoms with Gasteiger partial charge in [-0.15, -0.1) is 11.8 Å². The number of thioether (sulfide) groups is 1. The Morgan fingerprint density at radius 3 is 2.23 bits per heavy atom. The van der Waals surface area contributed by atoms with Crippen LogP contribution in [0.25, 0.3) is 0 Å². The third-order valence-electron chi connectivity index (χ3n) is 5.55. The summed E-state index contributed by atoms with van der Waals surface area (Å²) in [5.41, 5.74) is 1.92. The van der Waals surface area contributed by atoms with Crippen molar-refractivity contribution in [3.8, 4) is 5.75 Å². The molecule has 0 spiro atoms. The fourth-order valence-corrected chi connectivity index (χ4v) is 4.49. The lowest BCUT2D eigenvalue weighted by molar-refractivity contribution is -0.139. The predicted octanol–water partition coefficient (Wildman–Crippen LogP) is 5.20. The zero-order chi connectivity index (χ0) is 25.0. The smallest absolute Gasteiger partial charge is 0.243 e. The van der Waals surface area contributed by atoms with E-state index in [9.17, 15) is 9.59 Å². The second kappa shape index (κ2) is 13.6. The predicted molar refractivity (Wildman–Crippen MR) is 142 cm³/mol. The summed E-state index contributed by atoms with van der Waals surface area (Å²) in [5, 5.41) is 3.06. The van der Waals surface area contributed by atoms with Gasteiger partial charge in [-0.25, -0.2) is 0 Å². The van der Waals surface area contributed by atoms with E-state index < -0.39 is 6.04 Å². The van der Waals surface area contributed by atoms with Gasteiger partial charge in [0.15, 0.2) is 0 Å². The molecule has 3 aromatic rings. The molecule has 6 heteroatoms. The summed E-state index contributed by atoms with van der Waals surface area (Å²) in [4.78, 5) is 29.8. The quantitative estimate of drug-likeness (QED) is 0.355. The average molecular weight is 491 g/mol. The standard InChI is InChI=1S/C29H34N2O3S/c1-22(2)19-30-29(33)27(18-23-11-6-4-7-12-23)31(20-24-13-10-14-25(17-24)34-3)28(32)21-35-26-15-8-5-9-16-26/h4-17,22,27H,18-21H2,1-3H3,(H,30,33)/t27-/m1/s1. The molecule has 184 valence electrons. The van der Waals surface area contributed by atoms with Crippen LogP contribution in [0, 0.1) is 5.92 Å². The number of benzene rings is 3. The Bertz CT molecular complexity index is 1070. The topological polar surface area (TPSA) is 58.6 Å². The van der Waals surface area contributed by atoms with E-state index in [1.807, 2.05) is 84.9 Å². The Morgan fingerprint density at radius 1 is 0.914 bits per heavy atom. The van der Waals surface area contributed by atoms with E-state index in [0.717, 1.165) is 21.8 Å². The third kappa shape index (κ3) is 8.48. The van der Waals surface area contributed by atoms with Gasteiger partial charge in [0.1, 0.15) is 11.8 Å². The molecule has 0 unspecified atom stereocenters. The number of hydrogen-bond donors (Lipinski definition) is 1. The number of nitrogens with one attached hydrogen (secondary N) is 1. The number of rotatable bonds is 12. The lowest BCUT2D eigenvalue weighted by Crippen LogP contribution is -2.51. The number of methoxy groups -OCH3 is 1. The molecule has 5 nitrogen and oxygen atoms in total. The normalized spacial score (nSPS) is 11.7. The Balaban J connectivity index is 1.90. The number of nitrogens with zero attached hydrogens (tertiary/aromatic N) is 1. The van der Waals surface area contributed by atoms with Crippen molar-refractivity contribution in [2.75, 3.05) is 19.4 Å². The van der Waals surface area contributed by atoms with Crippen LogP contribution in [0.15, 0.2) is 89.8 Å². The monoisotopic (exact) mass is 490 g/mol. The Morgan fingerprint density at radius 2 is 1.57 bits per heavy atom. The van der Waals surface area contributed by atoms with Crippen LogP contribution in [0.3, 0.4) is 0 Å². The van der Waals surface area contributed by atoms with Gasteiger partial charge in [0, 0.05) is 24.4 Å². The molecule has 0 radical (unpaired) electrons. The molecule has 0 saturated carbocycles. The van der Waals surface area contributed by atoms with E-state index >= 15 is 0 Å². The van der Waals surface area contributed by atoms with Crippen molar-refractivity contribution < 1.29 is 14.3 Å². The molecule has 0 bridgehead atoms. The average Bonchev–Trinajstić information content (AvgIpc) is 2.89. The summed E-state index contributed by atoms with van der Waals surface area (Å²) in [5.74, 6) is 1.06. The lowest BCUT2D eigenvalue weighted by Gasteiger charge is -2.32. The number of hydrogen-bond acceptors (Lipinski definition) is 4. The highest BCUT2D eigenvalue weighted by atomic mass is 32.2. The molecule has 0 aliphatic heterocycles. The summed E-state index contributed by atoms with van der Waals surface area (Å²) >= 11 is 1.48. The molecule has 3 rings (SSSR count). The van der Waals surface area contributed by atoms with E-state index in [1.165, 1.54) is 11.8 Å². The van der Waals surface area contributed by atoms with Crippen molar-refractivity contribution in [3.05, 3.63) is 96.1 Å². The van der Waals surface area contributed by atoms with Gasteiger partial charge in [0.2, 0.25) is 11.8 Å². The molecule has 0 saturated heterocycles. The van der Waals surface area contributed by atoms with E-state index in [1.54, 1.807) is 12.0 Å². The van der Waals surface area contributed by atoms with Gasteiger partial charge in [-0.2, -0.15) is 0 Å². The van der Waals surface area contributed by atoms with Crippen LogP contribution in [0.5, 0.6) is 5.75 Å². The van der Waals surface area contributed by atoms with Gasteiger partial charge in [-0.1, -0.05) is 74.5 Å². The van der Waals surface area contributed by atoms with Crippen molar-refractivity contribution >= 4 is 23.6 Å². The molecule has 0 heterocycles. The highest BCUT2D eigenvalue weighted by molar-refractivity contribution is 8.00. The summed E-state index contributed by atoms with van der Waals surface area (Å²) in [7, 11) is 1.62. The second-order valence-corrected chi connectivity index (χ2v) is 9.87. The van der Waals surface area contributed by atoms with Gasteiger partial charge >= 0.3 is 0 Å². The van der Waals surface area contributed by atoms with Crippen LogP contribution in [-0.2, 0) is 22.6 Å². The van der Waals surface area contributed by atoms with Gasteiger partial charge in [-0.3, -0.25) is 9.59 Å². The molecular weight excluding hydrogens is 456 g/mol. The summed E-state index contributed by atoms with van der Waals surface area (Å²) < 4.78 is 5.38. The molecule has 0 aromatic heterocycles. The first-order chi connectivity index (χ1) is 17.0. The van der Waals surface area contributed by atoms with Crippen molar-refractivity contribution in [2.24, 2.45) is 5.92 Å². The minimum Gasteiger partial charge on any atom is -0.497 e. The molecule has 3 aromatic carbocycles. The molecule has 1 N–H and O–H groups in total. The van der Waals surface area contributed by atoms with E-state index in [-0.39, 0.29) is 17.6 Å². The maximum atomic E-state index is 13.6. The molecular formula is C29H34N2O3S. The molecule has 35 heavy (non-hydrogen) atoms. The van der Waals surface area contributed by atoms with Crippen LogP contribution >= 0.6 is 11.8 Å². The van der Waals surface area contributed by atoms with E-state index in [2.05, 4.69) is 19.2 Å². The zero-order valence-electron chi connectivity index (χ0n) is 20.6. The van der Waals surface area contributed by atoms with E-state index in [0.29, 0.717) is 25.4 Å². The van der Waals surface area contributed by atoms with Gasteiger partial charge in [-0.05, 0) is 41.3 Å². The van der Waals surface area contributed by atoms with Crippen molar-refractivity contribution in [1.82, 2.24) is 10.2 Å². The van der Waals surface area contributed by atoms with Crippen molar-refractivity contribution in [1.29, 1.82) is 0 Å². The Hall–Kier alpha value is -3.25. The second-order valence-electron chi connectivity index (χ2n) is 8.82. The Kier molecular flexibility index (Phi) is 10.2. The van der Waals surface area contributed by atoms with Gasteiger partial charge < -0.3 is 15.0 Å². The number of carbonyl (C=O) groups is 2. The molecule has 0 aliphatic rings. The van der Waals surface area contributed by atoms with Crippen LogP contribution in [0.2, 0.25) is 0 Å². The molecule has 2 amide bonds. The largest absolute Gasteiger partial charge is 0.497 e. The minimum atomic E-state index is -0.633.